The summed E-state index contributed by atoms with van der Waals surface area (Å²) in [5.41, 5.74) is 2.94. The highest BCUT2D eigenvalue weighted by molar-refractivity contribution is 6.02. The quantitative estimate of drug-likeness (QED) is 0.740. The van der Waals surface area contributed by atoms with E-state index in [4.69, 9.17) is 0 Å². The van der Waals surface area contributed by atoms with Gasteiger partial charge in [0.05, 0.1) is 5.92 Å². The fourth-order valence-corrected chi connectivity index (χ4v) is 5.43. The van der Waals surface area contributed by atoms with Gasteiger partial charge in [-0.1, -0.05) is 6.42 Å². The first kappa shape index (κ1) is 21.4. The minimum absolute atomic E-state index is 0.00124. The molecule has 2 unspecified atom stereocenters. The van der Waals surface area contributed by atoms with E-state index in [1.807, 2.05) is 23.1 Å². The summed E-state index contributed by atoms with van der Waals surface area (Å²) in [5.74, 6) is 0.122. The Labute approximate surface area is 190 Å². The summed E-state index contributed by atoms with van der Waals surface area (Å²) in [6.07, 6.45) is 6.85. The highest BCUT2D eigenvalue weighted by atomic mass is 16.2. The van der Waals surface area contributed by atoms with Gasteiger partial charge in [-0.2, -0.15) is 0 Å². The third kappa shape index (κ3) is 4.27. The van der Waals surface area contributed by atoms with E-state index in [0.29, 0.717) is 19.1 Å². The monoisotopic (exact) mass is 438 g/mol. The largest absolute Gasteiger partial charge is 0.355 e. The van der Waals surface area contributed by atoms with Crippen LogP contribution in [0.25, 0.3) is 0 Å². The Kier molecular flexibility index (Phi) is 5.93. The fourth-order valence-electron chi connectivity index (χ4n) is 5.43. The van der Waals surface area contributed by atoms with E-state index < -0.39 is 0 Å². The number of hydrogen-bond acceptors (Lipinski definition) is 4. The Morgan fingerprint density at radius 1 is 1.09 bits per heavy atom. The third-order valence-electron chi connectivity index (χ3n) is 7.60. The van der Waals surface area contributed by atoms with E-state index >= 15 is 0 Å². The van der Waals surface area contributed by atoms with Gasteiger partial charge in [0.2, 0.25) is 17.7 Å². The molecule has 0 bridgehead atoms. The van der Waals surface area contributed by atoms with Crippen molar-refractivity contribution < 1.29 is 14.4 Å². The number of likely N-dealkylation sites (tertiary alicyclic amines) is 1. The van der Waals surface area contributed by atoms with Crippen molar-refractivity contribution in [3.8, 4) is 0 Å². The summed E-state index contributed by atoms with van der Waals surface area (Å²) in [6, 6.07) is 6.51. The first-order chi connectivity index (χ1) is 15.5. The second kappa shape index (κ2) is 8.85. The van der Waals surface area contributed by atoms with Crippen LogP contribution in [0.1, 0.15) is 51.0 Å². The Hall–Kier alpha value is -2.41. The summed E-state index contributed by atoms with van der Waals surface area (Å²) in [4.78, 5) is 44.0. The topological polar surface area (TPSA) is 73.0 Å². The molecule has 32 heavy (non-hydrogen) atoms. The number of anilines is 2. The maximum Gasteiger partial charge on any atom is 0.230 e. The van der Waals surface area contributed by atoms with Crippen molar-refractivity contribution in [2.24, 2.45) is 11.8 Å². The van der Waals surface area contributed by atoms with Crippen LogP contribution in [0.4, 0.5) is 11.4 Å². The molecular formula is C25H34N4O3. The zero-order valence-corrected chi connectivity index (χ0v) is 19.0. The second-order valence-corrected chi connectivity index (χ2v) is 9.90. The van der Waals surface area contributed by atoms with Gasteiger partial charge in [0, 0.05) is 55.9 Å². The normalized spacial score (nSPS) is 25.8. The van der Waals surface area contributed by atoms with Crippen LogP contribution in [-0.4, -0.2) is 61.4 Å². The summed E-state index contributed by atoms with van der Waals surface area (Å²) < 4.78 is 0. The molecule has 7 nitrogen and oxygen atoms in total. The van der Waals surface area contributed by atoms with Crippen molar-refractivity contribution in [3.05, 3.63) is 23.8 Å². The SMILES string of the molecule is CC1CCCCN1CCNC(=O)C1CC(=O)N(c2ccc3c(c2)CCN3C(=O)C2CC2)C1. The van der Waals surface area contributed by atoms with Crippen LogP contribution in [0.5, 0.6) is 0 Å². The fraction of sp³-hybridized carbons (Fsp3) is 0.640. The van der Waals surface area contributed by atoms with Gasteiger partial charge in [-0.3, -0.25) is 19.3 Å². The van der Waals surface area contributed by atoms with Gasteiger partial charge in [-0.25, -0.2) is 0 Å². The number of nitrogens with zero attached hydrogens (tertiary/aromatic N) is 3. The van der Waals surface area contributed by atoms with Crippen LogP contribution in [0.15, 0.2) is 18.2 Å². The number of carbonyl (C=O) groups is 3. The van der Waals surface area contributed by atoms with Gasteiger partial charge >= 0.3 is 0 Å². The number of carbonyl (C=O) groups excluding carboxylic acids is 3. The van der Waals surface area contributed by atoms with E-state index in [1.54, 1.807) is 4.90 Å². The van der Waals surface area contributed by atoms with Crippen LogP contribution >= 0.6 is 0 Å². The molecule has 1 saturated carbocycles. The molecule has 5 rings (SSSR count). The lowest BCUT2D eigenvalue weighted by molar-refractivity contribution is -0.126. The van der Waals surface area contributed by atoms with E-state index in [0.717, 1.165) is 55.8 Å². The lowest BCUT2D eigenvalue weighted by atomic mass is 10.0. The van der Waals surface area contributed by atoms with E-state index in [9.17, 15) is 14.4 Å². The maximum absolute atomic E-state index is 12.7. The molecule has 0 spiro atoms. The molecular weight excluding hydrogens is 404 g/mol. The zero-order valence-electron chi connectivity index (χ0n) is 19.0. The number of rotatable bonds is 6. The number of piperidine rings is 1. The van der Waals surface area contributed by atoms with Gasteiger partial charge < -0.3 is 15.1 Å². The van der Waals surface area contributed by atoms with E-state index in [1.165, 1.54) is 19.3 Å². The number of nitrogens with one attached hydrogen (secondary N) is 1. The first-order valence-electron chi connectivity index (χ1n) is 12.3. The lowest BCUT2D eigenvalue weighted by Crippen LogP contribution is -2.43. The van der Waals surface area contributed by atoms with Crippen molar-refractivity contribution in [3.63, 3.8) is 0 Å². The van der Waals surface area contributed by atoms with Crippen molar-refractivity contribution in [2.45, 2.75) is 57.9 Å². The number of amides is 3. The Morgan fingerprint density at radius 2 is 1.94 bits per heavy atom. The number of fused-ring (bicyclic) bond motifs is 1. The standard InChI is InChI=1S/C25H34N4O3/c1-17-4-2-3-11-27(17)13-10-26-24(31)20-15-23(30)29(16-20)21-7-8-22-19(14-21)9-12-28(22)25(32)18-5-6-18/h7-8,14,17-18,20H,2-6,9-13,15-16H2,1H3,(H,26,31). The number of benzene rings is 1. The highest BCUT2D eigenvalue weighted by Crippen LogP contribution is 2.38. The average Bonchev–Trinajstić information content (AvgIpc) is 3.44. The molecule has 3 aliphatic heterocycles. The minimum Gasteiger partial charge on any atom is -0.355 e. The van der Waals surface area contributed by atoms with Gasteiger partial charge in [0.25, 0.3) is 0 Å². The van der Waals surface area contributed by atoms with E-state index in [2.05, 4.69) is 17.1 Å². The molecule has 172 valence electrons. The summed E-state index contributed by atoms with van der Waals surface area (Å²) in [5, 5.41) is 3.06. The summed E-state index contributed by atoms with van der Waals surface area (Å²) >= 11 is 0. The Morgan fingerprint density at radius 3 is 2.72 bits per heavy atom. The molecule has 3 fully saturated rings. The van der Waals surface area contributed by atoms with Gasteiger partial charge in [-0.05, 0) is 69.3 Å². The first-order valence-corrected chi connectivity index (χ1v) is 12.3. The predicted octanol–water partition coefficient (Wildman–Crippen LogP) is 2.33. The van der Waals surface area contributed by atoms with Crippen LogP contribution in [0.2, 0.25) is 0 Å². The van der Waals surface area contributed by atoms with Gasteiger partial charge in [-0.15, -0.1) is 0 Å². The van der Waals surface area contributed by atoms with E-state index in [-0.39, 0.29) is 36.0 Å². The summed E-state index contributed by atoms with van der Waals surface area (Å²) in [7, 11) is 0. The molecule has 1 aromatic rings. The predicted molar refractivity (Wildman–Crippen MR) is 124 cm³/mol. The van der Waals surface area contributed by atoms with Crippen molar-refractivity contribution in [1.82, 2.24) is 10.2 Å². The molecule has 7 heteroatoms. The van der Waals surface area contributed by atoms with Gasteiger partial charge in [0.1, 0.15) is 0 Å². The van der Waals surface area contributed by atoms with Crippen molar-refractivity contribution in [2.75, 3.05) is 42.5 Å². The molecule has 2 atom stereocenters. The molecule has 3 amide bonds. The zero-order chi connectivity index (χ0) is 22.2. The molecule has 0 radical (unpaired) electrons. The van der Waals surface area contributed by atoms with Gasteiger partial charge in [0.15, 0.2) is 0 Å². The Balaban J connectivity index is 1.17. The number of hydrogen-bond donors (Lipinski definition) is 1. The highest BCUT2D eigenvalue weighted by Gasteiger charge is 2.38. The van der Waals surface area contributed by atoms with Crippen molar-refractivity contribution >= 4 is 29.1 Å². The summed E-state index contributed by atoms with van der Waals surface area (Å²) in [6.45, 7) is 6.02. The van der Waals surface area contributed by atoms with Crippen LogP contribution < -0.4 is 15.1 Å². The smallest absolute Gasteiger partial charge is 0.230 e. The molecule has 0 aromatic heterocycles. The van der Waals surface area contributed by atoms with Crippen molar-refractivity contribution in [1.29, 1.82) is 0 Å². The maximum atomic E-state index is 12.7. The van der Waals surface area contributed by atoms with Crippen LogP contribution in [-0.2, 0) is 20.8 Å². The molecule has 3 heterocycles. The molecule has 1 aromatic carbocycles. The Bertz CT molecular complexity index is 912. The molecule has 1 N–H and O–H groups in total. The third-order valence-corrected chi connectivity index (χ3v) is 7.60. The van der Waals surface area contributed by atoms with Crippen LogP contribution in [0, 0.1) is 11.8 Å². The molecule has 4 aliphatic rings. The average molecular weight is 439 g/mol. The minimum atomic E-state index is -0.303. The molecule has 1 aliphatic carbocycles. The van der Waals surface area contributed by atoms with Crippen LogP contribution in [0.3, 0.4) is 0 Å². The second-order valence-electron chi connectivity index (χ2n) is 9.90. The lowest BCUT2D eigenvalue weighted by Gasteiger charge is -2.33. The molecule has 2 saturated heterocycles.